The van der Waals surface area contributed by atoms with Crippen LogP contribution in [0.25, 0.3) is 0 Å². The average Bonchev–Trinajstić information content (AvgIpc) is 3.33. The Labute approximate surface area is 170 Å². The van der Waals surface area contributed by atoms with E-state index < -0.39 is 5.60 Å². The van der Waals surface area contributed by atoms with E-state index in [1.165, 1.54) is 5.56 Å². The standard InChI is InChI=1S/C21H26N6O2/c1-24-11-9-22-19(24)20(28)26-13-12-25(14-18-6-3-2-4-7-18)15-21(29,16-26)17-27-10-5-8-23-27/h2-11,29H,12-17H2,1H3. The van der Waals surface area contributed by atoms with Crippen LogP contribution in [0.3, 0.4) is 0 Å². The lowest BCUT2D eigenvalue weighted by Gasteiger charge is -2.33. The minimum Gasteiger partial charge on any atom is -0.385 e. The van der Waals surface area contributed by atoms with Crippen LogP contribution in [0.5, 0.6) is 0 Å². The first kappa shape index (κ1) is 19.4. The highest BCUT2D eigenvalue weighted by Gasteiger charge is 2.38. The van der Waals surface area contributed by atoms with Crippen molar-refractivity contribution in [2.75, 3.05) is 26.2 Å². The molecule has 0 spiro atoms. The molecule has 4 rings (SSSR count). The first-order valence-corrected chi connectivity index (χ1v) is 9.75. The number of imidazole rings is 1. The van der Waals surface area contributed by atoms with Gasteiger partial charge in [0.15, 0.2) is 5.82 Å². The minimum atomic E-state index is -1.13. The van der Waals surface area contributed by atoms with Crippen molar-refractivity contribution in [3.63, 3.8) is 0 Å². The van der Waals surface area contributed by atoms with Crippen molar-refractivity contribution in [2.45, 2.75) is 18.7 Å². The maximum Gasteiger partial charge on any atom is 0.289 e. The number of aliphatic hydroxyl groups is 1. The summed E-state index contributed by atoms with van der Waals surface area (Å²) in [6.07, 6.45) is 6.89. The molecular weight excluding hydrogens is 368 g/mol. The number of carbonyl (C=O) groups excluding carboxylic acids is 1. The lowest BCUT2D eigenvalue weighted by atomic mass is 10.0. The largest absolute Gasteiger partial charge is 0.385 e. The number of nitrogens with zero attached hydrogens (tertiary/aromatic N) is 6. The Bertz CT molecular complexity index is 939. The van der Waals surface area contributed by atoms with Crippen molar-refractivity contribution in [3.05, 3.63) is 72.6 Å². The highest BCUT2D eigenvalue weighted by Crippen LogP contribution is 2.20. The minimum absolute atomic E-state index is 0.169. The summed E-state index contributed by atoms with van der Waals surface area (Å²) in [5, 5.41) is 15.8. The van der Waals surface area contributed by atoms with E-state index in [0.29, 0.717) is 38.5 Å². The zero-order valence-corrected chi connectivity index (χ0v) is 16.6. The summed E-state index contributed by atoms with van der Waals surface area (Å²) >= 11 is 0. The molecule has 1 aliphatic heterocycles. The number of aryl methyl sites for hydroxylation is 1. The fourth-order valence-corrected chi connectivity index (χ4v) is 3.90. The topological polar surface area (TPSA) is 79.4 Å². The fourth-order valence-electron chi connectivity index (χ4n) is 3.90. The van der Waals surface area contributed by atoms with Crippen LogP contribution in [-0.2, 0) is 20.1 Å². The first-order valence-electron chi connectivity index (χ1n) is 9.75. The molecule has 0 radical (unpaired) electrons. The molecule has 1 fully saturated rings. The summed E-state index contributed by atoms with van der Waals surface area (Å²) < 4.78 is 3.43. The number of aromatic nitrogens is 4. The molecule has 3 aromatic rings. The van der Waals surface area contributed by atoms with Gasteiger partial charge in [-0.05, 0) is 11.6 Å². The molecule has 1 aliphatic rings. The third-order valence-corrected chi connectivity index (χ3v) is 5.25. The van der Waals surface area contributed by atoms with Gasteiger partial charge in [-0.2, -0.15) is 5.10 Å². The van der Waals surface area contributed by atoms with Crippen molar-refractivity contribution < 1.29 is 9.90 Å². The number of carbonyl (C=O) groups is 1. The van der Waals surface area contributed by atoms with Gasteiger partial charge in [0.2, 0.25) is 0 Å². The van der Waals surface area contributed by atoms with Crippen LogP contribution >= 0.6 is 0 Å². The van der Waals surface area contributed by atoms with Crippen LogP contribution in [0.15, 0.2) is 61.2 Å². The second kappa shape index (κ2) is 8.18. The molecule has 1 saturated heterocycles. The molecule has 2 aromatic heterocycles. The molecule has 1 unspecified atom stereocenters. The lowest BCUT2D eigenvalue weighted by molar-refractivity contribution is -0.0186. The molecule has 1 atom stereocenters. The second-order valence-corrected chi connectivity index (χ2v) is 7.71. The Morgan fingerprint density at radius 3 is 2.62 bits per heavy atom. The van der Waals surface area contributed by atoms with Crippen molar-refractivity contribution in [1.29, 1.82) is 0 Å². The molecule has 8 nitrogen and oxygen atoms in total. The molecule has 1 amide bonds. The summed E-state index contributed by atoms with van der Waals surface area (Å²) in [6.45, 7) is 2.91. The van der Waals surface area contributed by atoms with E-state index in [1.807, 2.05) is 30.5 Å². The van der Waals surface area contributed by atoms with Gasteiger partial charge in [0.25, 0.3) is 5.91 Å². The second-order valence-electron chi connectivity index (χ2n) is 7.71. The van der Waals surface area contributed by atoms with Gasteiger partial charge >= 0.3 is 0 Å². The maximum absolute atomic E-state index is 13.1. The molecule has 1 aromatic carbocycles. The van der Waals surface area contributed by atoms with E-state index in [0.717, 1.165) is 0 Å². The Morgan fingerprint density at radius 1 is 1.10 bits per heavy atom. The predicted octanol–water partition coefficient (Wildman–Crippen LogP) is 1.01. The van der Waals surface area contributed by atoms with Crippen LogP contribution in [0, 0.1) is 0 Å². The highest BCUT2D eigenvalue weighted by molar-refractivity contribution is 5.90. The monoisotopic (exact) mass is 394 g/mol. The maximum atomic E-state index is 13.1. The van der Waals surface area contributed by atoms with Crippen molar-refractivity contribution in [2.24, 2.45) is 7.05 Å². The first-order chi connectivity index (χ1) is 14.0. The van der Waals surface area contributed by atoms with Crippen molar-refractivity contribution in [1.82, 2.24) is 29.1 Å². The molecule has 3 heterocycles. The number of hydrogen-bond acceptors (Lipinski definition) is 5. The van der Waals surface area contributed by atoms with Gasteiger partial charge in [0, 0.05) is 58.0 Å². The molecule has 0 saturated carbocycles. The van der Waals surface area contributed by atoms with Crippen LogP contribution < -0.4 is 0 Å². The number of amides is 1. The van der Waals surface area contributed by atoms with E-state index >= 15 is 0 Å². The van der Waals surface area contributed by atoms with Crippen LogP contribution in [-0.4, -0.2) is 71.9 Å². The molecule has 152 valence electrons. The molecule has 1 N–H and O–H groups in total. The van der Waals surface area contributed by atoms with Gasteiger partial charge in [-0.3, -0.25) is 14.4 Å². The van der Waals surface area contributed by atoms with E-state index in [1.54, 1.807) is 39.8 Å². The zero-order valence-electron chi connectivity index (χ0n) is 16.6. The summed E-state index contributed by atoms with van der Waals surface area (Å²) in [5.41, 5.74) is 0.0517. The highest BCUT2D eigenvalue weighted by atomic mass is 16.3. The van der Waals surface area contributed by atoms with E-state index in [4.69, 9.17) is 0 Å². The number of β-amino-alcohol motifs (C(OH)–C–C–N with tert-alkyl or cyclic N) is 1. The number of rotatable bonds is 5. The van der Waals surface area contributed by atoms with E-state index in [9.17, 15) is 9.90 Å². The fraction of sp³-hybridized carbons (Fsp3) is 0.381. The summed E-state index contributed by atoms with van der Waals surface area (Å²) in [6, 6.07) is 12.0. The molecule has 0 aliphatic carbocycles. The van der Waals surface area contributed by atoms with Crippen LogP contribution in [0.2, 0.25) is 0 Å². The van der Waals surface area contributed by atoms with E-state index in [-0.39, 0.29) is 12.5 Å². The Morgan fingerprint density at radius 2 is 1.93 bits per heavy atom. The van der Waals surface area contributed by atoms with Gasteiger partial charge < -0.3 is 14.6 Å². The quantitative estimate of drug-likeness (QED) is 0.699. The lowest BCUT2D eigenvalue weighted by Crippen LogP contribution is -2.51. The van der Waals surface area contributed by atoms with Crippen LogP contribution in [0.1, 0.15) is 16.2 Å². The van der Waals surface area contributed by atoms with E-state index in [2.05, 4.69) is 27.1 Å². The van der Waals surface area contributed by atoms with Crippen LogP contribution in [0.4, 0.5) is 0 Å². The molecule has 29 heavy (non-hydrogen) atoms. The Hall–Kier alpha value is -2.97. The summed E-state index contributed by atoms with van der Waals surface area (Å²) in [4.78, 5) is 21.2. The van der Waals surface area contributed by atoms with Gasteiger partial charge in [0.05, 0.1) is 13.1 Å². The van der Waals surface area contributed by atoms with Gasteiger partial charge in [0.1, 0.15) is 5.60 Å². The average molecular weight is 394 g/mol. The predicted molar refractivity (Wildman–Crippen MR) is 108 cm³/mol. The Balaban J connectivity index is 1.58. The normalized spacial score (nSPS) is 20.6. The summed E-state index contributed by atoms with van der Waals surface area (Å²) in [7, 11) is 1.80. The number of benzene rings is 1. The molecular formula is C21H26N6O2. The van der Waals surface area contributed by atoms with Gasteiger partial charge in [-0.15, -0.1) is 0 Å². The summed E-state index contributed by atoms with van der Waals surface area (Å²) in [5.74, 6) is 0.209. The molecule has 0 bridgehead atoms. The molecule has 8 heteroatoms. The Kier molecular flexibility index (Phi) is 5.46. The SMILES string of the molecule is Cn1ccnc1C(=O)N1CCN(Cc2ccccc2)CC(O)(Cn2cccn2)C1. The third-order valence-electron chi connectivity index (χ3n) is 5.25. The smallest absolute Gasteiger partial charge is 0.289 e. The zero-order chi connectivity index (χ0) is 20.3. The number of hydrogen-bond donors (Lipinski definition) is 1. The van der Waals surface area contributed by atoms with Gasteiger partial charge in [-0.25, -0.2) is 4.98 Å². The third kappa shape index (κ3) is 4.55. The van der Waals surface area contributed by atoms with Crippen molar-refractivity contribution in [3.8, 4) is 0 Å². The van der Waals surface area contributed by atoms with Crippen molar-refractivity contribution >= 4 is 5.91 Å². The van der Waals surface area contributed by atoms with Gasteiger partial charge in [-0.1, -0.05) is 30.3 Å².